The molecule has 3 rings (SSSR count). The predicted molar refractivity (Wildman–Crippen MR) is 74.0 cm³/mol. The largest absolute Gasteiger partial charge is 0.381 e. The van der Waals surface area contributed by atoms with E-state index in [4.69, 9.17) is 10.5 Å². The van der Waals surface area contributed by atoms with Crippen LogP contribution >= 0.6 is 0 Å². The van der Waals surface area contributed by atoms with Gasteiger partial charge in [0.2, 0.25) is 0 Å². The summed E-state index contributed by atoms with van der Waals surface area (Å²) in [5.41, 5.74) is 8.46. The maximum Gasteiger partial charge on any atom is 0.0649 e. The van der Waals surface area contributed by atoms with Gasteiger partial charge in [0.15, 0.2) is 0 Å². The summed E-state index contributed by atoms with van der Waals surface area (Å²) in [6, 6.07) is 12.1. The molecular weight excluding hydrogens is 238 g/mol. The van der Waals surface area contributed by atoms with E-state index in [2.05, 4.69) is 5.10 Å². The van der Waals surface area contributed by atoms with Gasteiger partial charge in [-0.1, -0.05) is 18.2 Å². The summed E-state index contributed by atoms with van der Waals surface area (Å²) in [6.45, 7) is 1.71. The third-order valence-corrected chi connectivity index (χ3v) is 3.66. The van der Waals surface area contributed by atoms with Crippen LogP contribution in [0.4, 0.5) is 0 Å². The third-order valence-electron chi connectivity index (χ3n) is 3.66. The van der Waals surface area contributed by atoms with E-state index in [-0.39, 0.29) is 6.04 Å². The highest BCUT2D eigenvalue weighted by molar-refractivity contribution is 5.33. The molecule has 4 nitrogen and oxygen atoms in total. The van der Waals surface area contributed by atoms with Crippen LogP contribution in [0, 0.1) is 5.92 Å². The van der Waals surface area contributed by atoms with Crippen molar-refractivity contribution in [2.45, 2.75) is 18.9 Å². The molecule has 19 heavy (non-hydrogen) atoms. The van der Waals surface area contributed by atoms with Crippen molar-refractivity contribution < 1.29 is 4.74 Å². The lowest BCUT2D eigenvalue weighted by Crippen LogP contribution is -2.19. The lowest BCUT2D eigenvalue weighted by molar-refractivity contribution is 0.182. The first-order chi connectivity index (χ1) is 9.34. The van der Waals surface area contributed by atoms with Crippen LogP contribution in [0.15, 0.2) is 42.6 Å². The highest BCUT2D eigenvalue weighted by Gasteiger charge is 2.21. The van der Waals surface area contributed by atoms with Gasteiger partial charge in [0.1, 0.15) is 0 Å². The Morgan fingerprint density at radius 3 is 2.89 bits per heavy atom. The van der Waals surface area contributed by atoms with Gasteiger partial charge in [-0.2, -0.15) is 5.10 Å². The Hall–Kier alpha value is -1.65. The van der Waals surface area contributed by atoms with E-state index in [0.29, 0.717) is 5.92 Å². The SMILES string of the molecule is NC(CC1CCOC1)c1ccnn1-c1ccccc1. The van der Waals surface area contributed by atoms with E-state index in [1.54, 1.807) is 0 Å². The first-order valence-corrected chi connectivity index (χ1v) is 6.77. The second-order valence-corrected chi connectivity index (χ2v) is 5.08. The molecule has 0 spiro atoms. The maximum atomic E-state index is 6.34. The molecule has 1 aromatic heterocycles. The number of nitrogens with zero attached hydrogens (tertiary/aromatic N) is 2. The van der Waals surface area contributed by atoms with Gasteiger partial charge in [-0.3, -0.25) is 0 Å². The first kappa shape index (κ1) is 12.4. The fourth-order valence-electron chi connectivity index (χ4n) is 2.63. The van der Waals surface area contributed by atoms with Gasteiger partial charge >= 0.3 is 0 Å². The van der Waals surface area contributed by atoms with Gasteiger partial charge in [0.25, 0.3) is 0 Å². The van der Waals surface area contributed by atoms with Crippen molar-refractivity contribution in [3.8, 4) is 5.69 Å². The Bertz CT molecular complexity index is 517. The highest BCUT2D eigenvalue weighted by atomic mass is 16.5. The van der Waals surface area contributed by atoms with E-state index < -0.39 is 0 Å². The summed E-state index contributed by atoms with van der Waals surface area (Å²) in [7, 11) is 0. The normalized spacial score (nSPS) is 20.6. The molecule has 1 saturated heterocycles. The molecule has 0 bridgehead atoms. The van der Waals surface area contributed by atoms with Gasteiger partial charge in [0, 0.05) is 25.5 Å². The van der Waals surface area contributed by atoms with Crippen LogP contribution in [0.2, 0.25) is 0 Å². The molecule has 0 aliphatic carbocycles. The minimum absolute atomic E-state index is 0.00871. The molecule has 2 N–H and O–H groups in total. The van der Waals surface area contributed by atoms with Gasteiger partial charge in [-0.15, -0.1) is 0 Å². The predicted octanol–water partition coefficient (Wildman–Crippen LogP) is 2.30. The standard InChI is InChI=1S/C15H19N3O/c16-14(10-12-7-9-19-11-12)15-6-8-17-18(15)13-4-2-1-3-5-13/h1-6,8,12,14H,7,9-11,16H2. The molecule has 1 fully saturated rings. The van der Waals surface area contributed by atoms with Gasteiger partial charge < -0.3 is 10.5 Å². The lowest BCUT2D eigenvalue weighted by Gasteiger charge is -2.17. The summed E-state index contributed by atoms with van der Waals surface area (Å²) < 4.78 is 7.34. The Morgan fingerprint density at radius 2 is 2.16 bits per heavy atom. The summed E-state index contributed by atoms with van der Waals surface area (Å²) in [4.78, 5) is 0. The second-order valence-electron chi connectivity index (χ2n) is 5.08. The van der Waals surface area contributed by atoms with Crippen molar-refractivity contribution in [3.63, 3.8) is 0 Å². The van der Waals surface area contributed by atoms with Crippen molar-refractivity contribution in [1.82, 2.24) is 9.78 Å². The number of hydrogen-bond donors (Lipinski definition) is 1. The molecule has 4 heteroatoms. The molecule has 0 radical (unpaired) electrons. The topological polar surface area (TPSA) is 53.1 Å². The third kappa shape index (κ3) is 2.69. The molecule has 100 valence electrons. The maximum absolute atomic E-state index is 6.34. The molecule has 1 aliphatic rings. The van der Waals surface area contributed by atoms with Gasteiger partial charge in [0.05, 0.1) is 11.4 Å². The number of rotatable bonds is 4. The first-order valence-electron chi connectivity index (χ1n) is 6.77. The zero-order chi connectivity index (χ0) is 13.1. The number of aromatic nitrogens is 2. The van der Waals surface area contributed by atoms with E-state index in [0.717, 1.165) is 37.4 Å². The van der Waals surface area contributed by atoms with Crippen molar-refractivity contribution in [1.29, 1.82) is 0 Å². The zero-order valence-electron chi connectivity index (χ0n) is 10.9. The molecule has 2 heterocycles. The van der Waals surface area contributed by atoms with E-state index in [1.807, 2.05) is 47.3 Å². The average molecular weight is 257 g/mol. The fraction of sp³-hybridized carbons (Fsp3) is 0.400. The van der Waals surface area contributed by atoms with Crippen LogP contribution in [0.25, 0.3) is 5.69 Å². The molecule has 2 aromatic rings. The summed E-state index contributed by atoms with van der Waals surface area (Å²) >= 11 is 0. The summed E-state index contributed by atoms with van der Waals surface area (Å²) in [6.07, 6.45) is 3.89. The smallest absolute Gasteiger partial charge is 0.0649 e. The Labute approximate surface area is 113 Å². The number of hydrogen-bond acceptors (Lipinski definition) is 3. The minimum atomic E-state index is 0.00871. The number of benzene rings is 1. The van der Waals surface area contributed by atoms with Crippen LogP contribution in [0.3, 0.4) is 0 Å². The summed E-state index contributed by atoms with van der Waals surface area (Å²) in [5.74, 6) is 0.578. The van der Waals surface area contributed by atoms with Crippen LogP contribution in [0.5, 0.6) is 0 Å². The van der Waals surface area contributed by atoms with E-state index in [9.17, 15) is 0 Å². The van der Waals surface area contributed by atoms with Crippen molar-refractivity contribution in [2.75, 3.05) is 13.2 Å². The lowest BCUT2D eigenvalue weighted by atomic mass is 9.98. The van der Waals surface area contributed by atoms with E-state index in [1.165, 1.54) is 0 Å². The van der Waals surface area contributed by atoms with Crippen LogP contribution in [-0.4, -0.2) is 23.0 Å². The Morgan fingerprint density at radius 1 is 1.32 bits per heavy atom. The van der Waals surface area contributed by atoms with Crippen molar-refractivity contribution >= 4 is 0 Å². The van der Waals surface area contributed by atoms with Gasteiger partial charge in [-0.25, -0.2) is 4.68 Å². The van der Waals surface area contributed by atoms with Crippen LogP contribution < -0.4 is 5.73 Å². The van der Waals surface area contributed by atoms with Crippen LogP contribution in [0.1, 0.15) is 24.6 Å². The average Bonchev–Trinajstić information content (AvgIpc) is 3.10. The number of ether oxygens (including phenoxy) is 1. The molecular formula is C15H19N3O. The number of nitrogens with two attached hydrogens (primary N) is 1. The molecule has 1 aliphatic heterocycles. The van der Waals surface area contributed by atoms with Crippen molar-refractivity contribution in [3.05, 3.63) is 48.3 Å². The number of para-hydroxylation sites is 1. The van der Waals surface area contributed by atoms with Gasteiger partial charge in [-0.05, 0) is 37.0 Å². The minimum Gasteiger partial charge on any atom is -0.381 e. The molecule has 2 atom stereocenters. The molecule has 1 aromatic carbocycles. The fourth-order valence-corrected chi connectivity index (χ4v) is 2.63. The highest BCUT2D eigenvalue weighted by Crippen LogP contribution is 2.25. The second kappa shape index (κ2) is 5.55. The monoisotopic (exact) mass is 257 g/mol. The van der Waals surface area contributed by atoms with Crippen LogP contribution in [-0.2, 0) is 4.74 Å². The quantitative estimate of drug-likeness (QED) is 0.914. The van der Waals surface area contributed by atoms with E-state index >= 15 is 0 Å². The summed E-state index contributed by atoms with van der Waals surface area (Å²) in [5, 5.41) is 4.39. The Kier molecular flexibility index (Phi) is 3.62. The molecule has 2 unspecified atom stereocenters. The molecule has 0 amide bonds. The van der Waals surface area contributed by atoms with Crippen molar-refractivity contribution in [2.24, 2.45) is 11.7 Å². The molecule has 0 saturated carbocycles. The zero-order valence-corrected chi connectivity index (χ0v) is 10.9. The Balaban J connectivity index is 1.79.